The van der Waals surface area contributed by atoms with Gasteiger partial charge in [0.2, 0.25) is 5.90 Å². The Balaban J connectivity index is 1.71. The van der Waals surface area contributed by atoms with Gasteiger partial charge in [0.05, 0.1) is 6.04 Å². The number of rotatable bonds is 2. The van der Waals surface area contributed by atoms with E-state index in [0.717, 1.165) is 42.7 Å². The molecule has 25 heavy (non-hydrogen) atoms. The molecule has 1 heterocycles. The molecule has 0 saturated heterocycles. The summed E-state index contributed by atoms with van der Waals surface area (Å²) in [6, 6.07) is 13.1. The fraction of sp³-hybridized carbons (Fsp3) is 0.409. The molecule has 0 saturated carbocycles. The summed E-state index contributed by atoms with van der Waals surface area (Å²) in [6.45, 7) is 5.07. The van der Waals surface area contributed by atoms with E-state index in [1.807, 2.05) is 6.07 Å². The van der Waals surface area contributed by atoms with E-state index in [1.54, 1.807) is 0 Å². The van der Waals surface area contributed by atoms with Gasteiger partial charge in [0.25, 0.3) is 0 Å². The molecule has 2 aromatic rings. The van der Waals surface area contributed by atoms with Gasteiger partial charge in [0.1, 0.15) is 12.4 Å². The molecule has 0 unspecified atom stereocenters. The van der Waals surface area contributed by atoms with Crippen LogP contribution in [0.2, 0.25) is 0 Å². The fourth-order valence-electron chi connectivity index (χ4n) is 3.61. The molecule has 1 atom stereocenters. The topological polar surface area (TPSA) is 41.8 Å². The molecule has 4 aliphatic carbocycles. The first-order valence-corrected chi connectivity index (χ1v) is 9.23. The van der Waals surface area contributed by atoms with E-state index in [0.29, 0.717) is 18.3 Å². The van der Waals surface area contributed by atoms with Gasteiger partial charge in [-0.1, -0.05) is 38.1 Å². The summed E-state index contributed by atoms with van der Waals surface area (Å²) >= 11 is 0. The lowest BCUT2D eigenvalue weighted by atomic mass is 9.93. The van der Waals surface area contributed by atoms with Gasteiger partial charge in [0.15, 0.2) is 0 Å². The van der Waals surface area contributed by atoms with Gasteiger partial charge in [-0.05, 0) is 66.0 Å². The minimum atomic E-state index is 0.258. The number of hydrogen-bond donors (Lipinski definition) is 1. The van der Waals surface area contributed by atoms with Crippen LogP contribution in [0, 0.1) is 5.92 Å². The van der Waals surface area contributed by atoms with Crippen LogP contribution in [0.3, 0.4) is 0 Å². The molecule has 4 bridgehead atoms. The first kappa shape index (κ1) is 16.2. The minimum Gasteiger partial charge on any atom is -0.508 e. The normalized spacial score (nSPS) is 19.5. The van der Waals surface area contributed by atoms with Crippen molar-refractivity contribution in [3.05, 3.63) is 64.2 Å². The van der Waals surface area contributed by atoms with E-state index >= 15 is 0 Å². The molecule has 7 rings (SSSR count). The predicted octanol–water partition coefficient (Wildman–Crippen LogP) is 4.08. The van der Waals surface area contributed by atoms with E-state index in [4.69, 9.17) is 9.73 Å². The molecular formula is C22H25NO2. The molecule has 0 radical (unpaired) electrons. The van der Waals surface area contributed by atoms with Gasteiger partial charge in [0, 0.05) is 5.56 Å². The lowest BCUT2D eigenvalue weighted by Gasteiger charge is -2.15. The van der Waals surface area contributed by atoms with Crippen LogP contribution < -0.4 is 0 Å². The van der Waals surface area contributed by atoms with Crippen molar-refractivity contribution in [2.75, 3.05) is 6.61 Å². The maximum Gasteiger partial charge on any atom is 0.216 e. The Labute approximate surface area is 149 Å². The van der Waals surface area contributed by atoms with E-state index in [-0.39, 0.29) is 6.04 Å². The number of aromatic hydroxyl groups is 1. The zero-order chi connectivity index (χ0) is 17.4. The number of nitrogens with zero attached hydrogens (tertiary/aromatic N) is 1. The van der Waals surface area contributed by atoms with Crippen LogP contribution in [-0.2, 0) is 30.4 Å². The van der Waals surface area contributed by atoms with E-state index < -0.39 is 0 Å². The number of ether oxygens (including phenoxy) is 1. The van der Waals surface area contributed by atoms with Gasteiger partial charge < -0.3 is 9.84 Å². The summed E-state index contributed by atoms with van der Waals surface area (Å²) in [4.78, 5) is 4.84. The van der Waals surface area contributed by atoms with Crippen LogP contribution in [0.15, 0.2) is 41.4 Å². The second-order valence-corrected chi connectivity index (χ2v) is 7.51. The Kier molecular flexibility index (Phi) is 4.24. The van der Waals surface area contributed by atoms with Crippen LogP contribution in [0.4, 0.5) is 0 Å². The zero-order valence-corrected chi connectivity index (χ0v) is 15.0. The molecule has 3 heteroatoms. The highest BCUT2D eigenvalue weighted by molar-refractivity contribution is 5.96. The lowest BCUT2D eigenvalue weighted by molar-refractivity contribution is 0.291. The Morgan fingerprint density at radius 3 is 2.32 bits per heavy atom. The van der Waals surface area contributed by atoms with Crippen molar-refractivity contribution in [2.24, 2.45) is 10.9 Å². The van der Waals surface area contributed by atoms with Gasteiger partial charge >= 0.3 is 0 Å². The van der Waals surface area contributed by atoms with Gasteiger partial charge in [-0.15, -0.1) is 0 Å². The largest absolute Gasteiger partial charge is 0.508 e. The van der Waals surface area contributed by atoms with E-state index in [2.05, 4.69) is 44.2 Å². The third-order valence-electron chi connectivity index (χ3n) is 5.36. The molecule has 0 spiro atoms. The molecule has 1 aliphatic heterocycles. The molecule has 0 amide bonds. The van der Waals surface area contributed by atoms with Crippen molar-refractivity contribution < 1.29 is 9.84 Å². The zero-order valence-electron chi connectivity index (χ0n) is 15.0. The van der Waals surface area contributed by atoms with Gasteiger partial charge in [-0.25, -0.2) is 4.99 Å². The van der Waals surface area contributed by atoms with Crippen molar-refractivity contribution in [2.45, 2.75) is 45.6 Å². The van der Waals surface area contributed by atoms with Gasteiger partial charge in [-0.2, -0.15) is 0 Å². The molecule has 0 aromatic heterocycles. The number of phenols is 1. The third kappa shape index (κ3) is 3.28. The van der Waals surface area contributed by atoms with Crippen LogP contribution in [0.1, 0.15) is 41.7 Å². The molecule has 5 aliphatic rings. The summed E-state index contributed by atoms with van der Waals surface area (Å²) in [6.07, 6.45) is 3.57. The minimum absolute atomic E-state index is 0.258. The van der Waals surface area contributed by atoms with Crippen molar-refractivity contribution >= 4 is 5.90 Å². The Morgan fingerprint density at radius 2 is 1.64 bits per heavy atom. The summed E-state index contributed by atoms with van der Waals surface area (Å²) in [5.74, 6) is 1.73. The third-order valence-corrected chi connectivity index (χ3v) is 5.36. The van der Waals surface area contributed by atoms with Gasteiger partial charge in [-0.3, -0.25) is 0 Å². The Morgan fingerprint density at radius 1 is 0.960 bits per heavy atom. The summed E-state index contributed by atoms with van der Waals surface area (Å²) < 4.78 is 5.96. The first-order chi connectivity index (χ1) is 12.1. The maximum atomic E-state index is 10.2. The van der Waals surface area contributed by atoms with Crippen molar-refractivity contribution in [1.29, 1.82) is 0 Å². The molecule has 2 aromatic carbocycles. The number of phenolic OH excluding ortho intramolecular Hbond substituents is 1. The first-order valence-electron chi connectivity index (χ1n) is 9.23. The summed E-state index contributed by atoms with van der Waals surface area (Å²) in [5, 5.41) is 10.2. The maximum absolute atomic E-state index is 10.2. The number of aliphatic imine (C=N–C) groups is 1. The van der Waals surface area contributed by atoms with E-state index in [1.165, 1.54) is 16.7 Å². The summed E-state index contributed by atoms with van der Waals surface area (Å²) in [7, 11) is 0. The average molecular weight is 335 g/mol. The van der Waals surface area contributed by atoms with Crippen molar-refractivity contribution in [1.82, 2.24) is 0 Å². The second-order valence-electron chi connectivity index (χ2n) is 7.51. The Hall–Kier alpha value is -2.29. The monoisotopic (exact) mass is 335 g/mol. The number of aryl methyl sites for hydroxylation is 4. The number of benzene rings is 2. The standard InChI is InChI=1S/C22H25NO2/c1-14(2)20-13-25-22(23-20)19-11-15-3-7-17(19)8-4-16-6-10-18(9-5-15)21(24)12-16/h3,6-7,10-12,14,20,24H,4-5,8-9,13H2,1-2H3/t20-/m1/s1. The molecule has 0 fully saturated rings. The molecule has 1 N–H and O–H groups in total. The smallest absolute Gasteiger partial charge is 0.216 e. The van der Waals surface area contributed by atoms with Crippen molar-refractivity contribution in [3.63, 3.8) is 0 Å². The highest BCUT2D eigenvalue weighted by Crippen LogP contribution is 2.26. The number of hydrogen-bond acceptors (Lipinski definition) is 3. The van der Waals surface area contributed by atoms with Crippen LogP contribution >= 0.6 is 0 Å². The van der Waals surface area contributed by atoms with Crippen molar-refractivity contribution in [3.8, 4) is 5.75 Å². The van der Waals surface area contributed by atoms with Crippen LogP contribution in [0.5, 0.6) is 5.75 Å². The highest BCUT2D eigenvalue weighted by Gasteiger charge is 2.24. The molecular weight excluding hydrogens is 310 g/mol. The highest BCUT2D eigenvalue weighted by atomic mass is 16.5. The summed E-state index contributed by atoms with van der Waals surface area (Å²) in [5.41, 5.74) is 5.88. The van der Waals surface area contributed by atoms with Crippen LogP contribution in [-0.4, -0.2) is 23.7 Å². The quantitative estimate of drug-likeness (QED) is 0.898. The molecule has 3 nitrogen and oxygen atoms in total. The Bertz CT molecular complexity index is 823. The van der Waals surface area contributed by atoms with E-state index in [9.17, 15) is 5.11 Å². The SMILES string of the molecule is CC(C)[C@H]1COC(c2cc3ccc2CCc2ccc(c(O)c2)CC3)=N1. The van der Waals surface area contributed by atoms with Crippen LogP contribution in [0.25, 0.3) is 0 Å². The predicted molar refractivity (Wildman–Crippen MR) is 100 cm³/mol. The molecule has 130 valence electrons. The lowest BCUT2D eigenvalue weighted by Crippen LogP contribution is -2.13. The average Bonchev–Trinajstić information content (AvgIpc) is 3.08. The fourth-order valence-corrected chi connectivity index (χ4v) is 3.61. The second kappa shape index (κ2) is 6.55.